The van der Waals surface area contributed by atoms with Crippen LogP contribution < -0.4 is 10.6 Å². The number of nitrogens with zero attached hydrogens (tertiary/aromatic N) is 1. The molecule has 4 heteroatoms. The number of piperazine rings is 1. The van der Waals surface area contributed by atoms with Crippen LogP contribution in [0.4, 0.5) is 0 Å². The summed E-state index contributed by atoms with van der Waals surface area (Å²) < 4.78 is 0. The molecule has 1 spiro atoms. The van der Waals surface area contributed by atoms with E-state index in [0.717, 1.165) is 19.5 Å². The highest BCUT2D eigenvalue weighted by molar-refractivity contribution is 5.82. The summed E-state index contributed by atoms with van der Waals surface area (Å²) >= 11 is 0. The molecule has 0 aromatic heterocycles. The Morgan fingerprint density at radius 2 is 2.29 bits per heavy atom. The van der Waals surface area contributed by atoms with E-state index in [1.54, 1.807) is 0 Å². The summed E-state index contributed by atoms with van der Waals surface area (Å²) in [5.41, 5.74) is 0.112. The second-order valence-electron chi connectivity index (χ2n) is 6.17. The third-order valence-electron chi connectivity index (χ3n) is 3.87. The quantitative estimate of drug-likeness (QED) is 0.741. The molecule has 2 saturated heterocycles. The van der Waals surface area contributed by atoms with Gasteiger partial charge in [0.15, 0.2) is 0 Å². The summed E-state index contributed by atoms with van der Waals surface area (Å²) in [5.74, 6) is 0.729. The van der Waals surface area contributed by atoms with Crippen molar-refractivity contribution in [1.29, 1.82) is 0 Å². The largest absolute Gasteiger partial charge is 0.353 e. The van der Waals surface area contributed by atoms with Gasteiger partial charge < -0.3 is 10.2 Å². The Bertz CT molecular complexity index is 292. The molecule has 1 unspecified atom stereocenters. The Labute approximate surface area is 104 Å². The number of hydrogen-bond acceptors (Lipinski definition) is 3. The maximum atomic E-state index is 11.9. The lowest BCUT2D eigenvalue weighted by Gasteiger charge is -2.47. The number of piperidine rings is 1. The number of likely N-dealkylation sites (N-methyl/N-ethyl adjacent to an activating group) is 1. The van der Waals surface area contributed by atoms with Gasteiger partial charge in [0.25, 0.3) is 0 Å². The molecular weight excluding hydrogens is 214 g/mol. The first-order valence-corrected chi connectivity index (χ1v) is 6.75. The van der Waals surface area contributed by atoms with Gasteiger partial charge in [-0.15, -0.1) is 0 Å². The van der Waals surface area contributed by atoms with Crippen LogP contribution in [0, 0.1) is 5.92 Å². The fourth-order valence-corrected chi connectivity index (χ4v) is 3.13. The zero-order chi connectivity index (χ0) is 12.5. The number of nitrogens with one attached hydrogen (secondary N) is 2. The summed E-state index contributed by atoms with van der Waals surface area (Å²) in [5, 5.41) is 6.72. The van der Waals surface area contributed by atoms with E-state index >= 15 is 0 Å². The Morgan fingerprint density at radius 3 is 2.94 bits per heavy atom. The highest BCUT2D eigenvalue weighted by Crippen LogP contribution is 2.24. The van der Waals surface area contributed by atoms with Crippen molar-refractivity contribution in [3.63, 3.8) is 0 Å². The van der Waals surface area contributed by atoms with E-state index in [1.807, 2.05) is 0 Å². The van der Waals surface area contributed by atoms with Gasteiger partial charge in [0.2, 0.25) is 5.91 Å². The van der Waals surface area contributed by atoms with Crippen molar-refractivity contribution in [2.45, 2.75) is 44.7 Å². The molecule has 17 heavy (non-hydrogen) atoms. The second kappa shape index (κ2) is 4.94. The highest BCUT2D eigenvalue weighted by Gasteiger charge is 2.41. The van der Waals surface area contributed by atoms with Gasteiger partial charge in [0.1, 0.15) is 0 Å². The predicted molar refractivity (Wildman–Crippen MR) is 68.9 cm³/mol. The number of hydrogen-bond donors (Lipinski definition) is 2. The Hall–Kier alpha value is -0.610. The third-order valence-corrected chi connectivity index (χ3v) is 3.87. The normalized spacial score (nSPS) is 35.3. The molecule has 2 N–H and O–H groups in total. The van der Waals surface area contributed by atoms with Crippen LogP contribution in [0.5, 0.6) is 0 Å². The molecule has 1 amide bonds. The van der Waals surface area contributed by atoms with Crippen molar-refractivity contribution < 1.29 is 4.79 Å². The number of carbonyl (C=O) groups excluding carboxylic acids is 1. The minimum atomic E-state index is -0.00440. The van der Waals surface area contributed by atoms with Crippen molar-refractivity contribution in [2.75, 3.05) is 26.7 Å². The van der Waals surface area contributed by atoms with Crippen molar-refractivity contribution in [1.82, 2.24) is 15.5 Å². The monoisotopic (exact) mass is 239 g/mol. The first-order valence-electron chi connectivity index (χ1n) is 6.75. The lowest BCUT2D eigenvalue weighted by molar-refractivity contribution is -0.127. The molecule has 0 radical (unpaired) electrons. The lowest BCUT2D eigenvalue weighted by Crippen LogP contribution is -2.70. The van der Waals surface area contributed by atoms with E-state index in [1.165, 1.54) is 19.4 Å². The van der Waals surface area contributed by atoms with Crippen LogP contribution in [-0.4, -0.2) is 49.1 Å². The molecular formula is C13H25N3O. The summed E-state index contributed by atoms with van der Waals surface area (Å²) in [4.78, 5) is 14.2. The number of rotatable bonds is 2. The van der Waals surface area contributed by atoms with Crippen LogP contribution >= 0.6 is 0 Å². The van der Waals surface area contributed by atoms with Crippen LogP contribution in [0.1, 0.15) is 33.1 Å². The second-order valence-corrected chi connectivity index (χ2v) is 6.17. The molecule has 0 saturated carbocycles. The number of likely N-dealkylation sites (tertiary alicyclic amines) is 1. The predicted octanol–water partition coefficient (Wildman–Crippen LogP) is 0.585. The van der Waals surface area contributed by atoms with Gasteiger partial charge in [-0.05, 0) is 38.8 Å². The fraction of sp³-hybridized carbons (Fsp3) is 0.923. The fourth-order valence-electron chi connectivity index (χ4n) is 3.13. The smallest absolute Gasteiger partial charge is 0.237 e. The first-order chi connectivity index (χ1) is 8.01. The number of carbonyl (C=O) groups is 1. The highest BCUT2D eigenvalue weighted by atomic mass is 16.2. The average molecular weight is 239 g/mol. The van der Waals surface area contributed by atoms with Gasteiger partial charge in [-0.1, -0.05) is 13.8 Å². The topological polar surface area (TPSA) is 44.4 Å². The van der Waals surface area contributed by atoms with E-state index in [9.17, 15) is 4.79 Å². The van der Waals surface area contributed by atoms with Gasteiger partial charge >= 0.3 is 0 Å². The molecule has 2 fully saturated rings. The van der Waals surface area contributed by atoms with E-state index < -0.39 is 0 Å². The van der Waals surface area contributed by atoms with Crippen molar-refractivity contribution in [2.24, 2.45) is 5.92 Å². The molecule has 2 aliphatic rings. The van der Waals surface area contributed by atoms with Crippen LogP contribution in [0.2, 0.25) is 0 Å². The summed E-state index contributed by atoms with van der Waals surface area (Å²) in [7, 11) is 2.16. The van der Waals surface area contributed by atoms with E-state index in [4.69, 9.17) is 0 Å². The van der Waals surface area contributed by atoms with Gasteiger partial charge in [-0.2, -0.15) is 0 Å². The zero-order valence-electron chi connectivity index (χ0n) is 11.3. The molecule has 2 atom stereocenters. The zero-order valence-corrected chi connectivity index (χ0v) is 11.3. The molecule has 0 bridgehead atoms. The minimum Gasteiger partial charge on any atom is -0.353 e. The molecule has 2 aliphatic heterocycles. The summed E-state index contributed by atoms with van der Waals surface area (Å²) in [6, 6.07) is -0.00440. The maximum Gasteiger partial charge on any atom is 0.237 e. The van der Waals surface area contributed by atoms with Gasteiger partial charge in [-0.25, -0.2) is 0 Å². The van der Waals surface area contributed by atoms with Gasteiger partial charge in [0.05, 0.1) is 6.04 Å². The number of amides is 1. The average Bonchev–Trinajstić information content (AvgIpc) is 2.23. The molecule has 98 valence electrons. The maximum absolute atomic E-state index is 11.9. The van der Waals surface area contributed by atoms with Crippen LogP contribution in [0.3, 0.4) is 0 Å². The molecule has 0 aliphatic carbocycles. The Balaban J connectivity index is 2.03. The Morgan fingerprint density at radius 1 is 1.53 bits per heavy atom. The van der Waals surface area contributed by atoms with Crippen LogP contribution in [-0.2, 0) is 4.79 Å². The van der Waals surface area contributed by atoms with Gasteiger partial charge in [0, 0.05) is 18.6 Å². The van der Waals surface area contributed by atoms with Crippen molar-refractivity contribution >= 4 is 5.91 Å². The van der Waals surface area contributed by atoms with E-state index in [-0.39, 0.29) is 17.5 Å². The Kier molecular flexibility index (Phi) is 3.73. The molecule has 0 aromatic carbocycles. The van der Waals surface area contributed by atoms with Crippen molar-refractivity contribution in [3.05, 3.63) is 0 Å². The van der Waals surface area contributed by atoms with Crippen LogP contribution in [0.15, 0.2) is 0 Å². The summed E-state index contributed by atoms with van der Waals surface area (Å²) in [6.45, 7) is 7.34. The lowest BCUT2D eigenvalue weighted by atomic mass is 9.85. The van der Waals surface area contributed by atoms with Crippen LogP contribution in [0.25, 0.3) is 0 Å². The third kappa shape index (κ3) is 2.99. The minimum absolute atomic E-state index is 0.00440. The van der Waals surface area contributed by atoms with Crippen molar-refractivity contribution in [3.8, 4) is 0 Å². The molecule has 2 rings (SSSR count). The van der Waals surface area contributed by atoms with E-state index in [2.05, 4.69) is 36.4 Å². The first kappa shape index (κ1) is 12.8. The standard InChI is InChI=1S/C13H25N3O/c1-10(2)7-11-12(17)14-8-13(15-11)5-4-6-16(3)9-13/h10-11,15H,4-9H2,1-3H3,(H,14,17)/t11-,13?/m1/s1. The SMILES string of the molecule is CC(C)C[C@H]1NC2(CCCN(C)C2)CNC1=O. The molecule has 2 heterocycles. The van der Waals surface area contributed by atoms with E-state index in [0.29, 0.717) is 5.92 Å². The van der Waals surface area contributed by atoms with Gasteiger partial charge in [-0.3, -0.25) is 10.1 Å². The summed E-state index contributed by atoms with van der Waals surface area (Å²) in [6.07, 6.45) is 3.32. The molecule has 0 aromatic rings. The molecule has 4 nitrogen and oxygen atoms in total.